The van der Waals surface area contributed by atoms with Gasteiger partial charge in [0.15, 0.2) is 5.78 Å². The number of aliphatic hydroxyl groups is 1. The van der Waals surface area contributed by atoms with Crippen molar-refractivity contribution in [3.8, 4) is 0 Å². The van der Waals surface area contributed by atoms with Crippen LogP contribution in [0.25, 0.3) is 0 Å². The molecule has 0 aliphatic carbocycles. The first-order valence-electron chi connectivity index (χ1n) is 6.76. The highest BCUT2D eigenvalue weighted by molar-refractivity contribution is 5.89. The van der Waals surface area contributed by atoms with Crippen LogP contribution in [0.3, 0.4) is 0 Å². The summed E-state index contributed by atoms with van der Waals surface area (Å²) in [5.41, 5.74) is 1.20. The first kappa shape index (κ1) is 15.4. The van der Waals surface area contributed by atoms with E-state index in [2.05, 4.69) is 0 Å². The third-order valence-corrected chi connectivity index (χ3v) is 2.72. The smallest absolute Gasteiger partial charge is 0.155 e. The van der Waals surface area contributed by atoms with Crippen molar-refractivity contribution in [2.24, 2.45) is 0 Å². The molecule has 19 heavy (non-hydrogen) atoms. The van der Waals surface area contributed by atoms with Crippen molar-refractivity contribution in [1.82, 2.24) is 0 Å². The Morgan fingerprint density at radius 2 is 1.89 bits per heavy atom. The van der Waals surface area contributed by atoms with Crippen LogP contribution in [0.2, 0.25) is 0 Å². The van der Waals surface area contributed by atoms with Gasteiger partial charge in [-0.3, -0.25) is 4.79 Å². The molecule has 1 aromatic rings. The highest BCUT2D eigenvalue weighted by atomic mass is 16.3. The summed E-state index contributed by atoms with van der Waals surface area (Å²) < 4.78 is 0. The van der Waals surface area contributed by atoms with Gasteiger partial charge < -0.3 is 5.11 Å². The van der Waals surface area contributed by atoms with Gasteiger partial charge in [0.25, 0.3) is 0 Å². The number of rotatable bonds is 8. The Kier molecular flexibility index (Phi) is 7.52. The van der Waals surface area contributed by atoms with Gasteiger partial charge in [-0.05, 0) is 37.8 Å². The van der Waals surface area contributed by atoms with Gasteiger partial charge in [-0.1, -0.05) is 48.6 Å². The van der Waals surface area contributed by atoms with Gasteiger partial charge in [0.05, 0.1) is 6.10 Å². The molecule has 2 heteroatoms. The number of carbonyl (C=O) groups is 1. The lowest BCUT2D eigenvalue weighted by Gasteiger charge is -1.97. The predicted octanol–water partition coefficient (Wildman–Crippen LogP) is 3.46. The summed E-state index contributed by atoms with van der Waals surface area (Å²) in [6.07, 6.45) is 9.91. The minimum atomic E-state index is -0.392. The molecule has 0 aliphatic rings. The average Bonchev–Trinajstić information content (AvgIpc) is 2.41. The Morgan fingerprint density at radius 3 is 2.58 bits per heavy atom. The van der Waals surface area contributed by atoms with Crippen molar-refractivity contribution in [3.63, 3.8) is 0 Å². The van der Waals surface area contributed by atoms with Crippen LogP contribution in [0.15, 0.2) is 54.6 Å². The Labute approximate surface area is 115 Å². The van der Waals surface area contributed by atoms with E-state index in [-0.39, 0.29) is 5.78 Å². The van der Waals surface area contributed by atoms with Gasteiger partial charge in [0.2, 0.25) is 0 Å². The third-order valence-electron chi connectivity index (χ3n) is 2.72. The average molecular weight is 258 g/mol. The van der Waals surface area contributed by atoms with E-state index in [9.17, 15) is 4.79 Å². The molecule has 2 nitrogen and oxygen atoms in total. The maximum Gasteiger partial charge on any atom is 0.155 e. The molecule has 0 aromatic heterocycles. The fourth-order valence-corrected chi connectivity index (χ4v) is 1.70. The van der Waals surface area contributed by atoms with E-state index in [0.29, 0.717) is 6.42 Å². The molecule has 1 rings (SSSR count). The van der Waals surface area contributed by atoms with Gasteiger partial charge in [-0.25, -0.2) is 0 Å². The minimum Gasteiger partial charge on any atom is -0.389 e. The Morgan fingerprint density at radius 1 is 1.21 bits per heavy atom. The standard InChI is InChI=1S/C17H22O2/c1-15(18)9-5-2-3-8-12-17(19)14-13-16-10-6-4-7-11-16/h4-12,15,18H,2-3,13-14H2,1H3/b9-5+,12-8+. The van der Waals surface area contributed by atoms with E-state index in [4.69, 9.17) is 5.11 Å². The Bertz CT molecular complexity index is 416. The summed E-state index contributed by atoms with van der Waals surface area (Å²) in [7, 11) is 0. The highest BCUT2D eigenvalue weighted by Gasteiger charge is 1.97. The number of ketones is 1. The molecule has 1 atom stereocenters. The lowest BCUT2D eigenvalue weighted by atomic mass is 10.1. The molecular weight excluding hydrogens is 236 g/mol. The first-order chi connectivity index (χ1) is 9.18. The Balaban J connectivity index is 2.17. The first-order valence-corrected chi connectivity index (χ1v) is 6.76. The molecule has 1 unspecified atom stereocenters. The van der Waals surface area contributed by atoms with E-state index >= 15 is 0 Å². The number of benzene rings is 1. The van der Waals surface area contributed by atoms with E-state index in [1.807, 2.05) is 42.5 Å². The van der Waals surface area contributed by atoms with Gasteiger partial charge in [-0.15, -0.1) is 0 Å². The zero-order valence-corrected chi connectivity index (χ0v) is 11.5. The zero-order chi connectivity index (χ0) is 13.9. The third kappa shape index (κ3) is 8.11. The van der Waals surface area contributed by atoms with Crippen LogP contribution in [0, 0.1) is 0 Å². The second-order valence-corrected chi connectivity index (χ2v) is 4.60. The summed E-state index contributed by atoms with van der Waals surface area (Å²) in [5.74, 6) is 0.170. The fraction of sp³-hybridized carbons (Fsp3) is 0.353. The maximum atomic E-state index is 11.6. The second-order valence-electron chi connectivity index (χ2n) is 4.60. The summed E-state index contributed by atoms with van der Waals surface area (Å²) >= 11 is 0. The monoisotopic (exact) mass is 258 g/mol. The molecule has 1 aromatic carbocycles. The lowest BCUT2D eigenvalue weighted by molar-refractivity contribution is -0.114. The van der Waals surface area contributed by atoms with Crippen LogP contribution >= 0.6 is 0 Å². The normalized spacial score (nSPS) is 13.2. The maximum absolute atomic E-state index is 11.6. The largest absolute Gasteiger partial charge is 0.389 e. The SMILES string of the molecule is CC(O)/C=C/CC/C=C/C(=O)CCc1ccccc1. The van der Waals surface area contributed by atoms with Crippen molar-refractivity contribution in [3.05, 3.63) is 60.2 Å². The molecule has 0 saturated heterocycles. The van der Waals surface area contributed by atoms with E-state index in [1.54, 1.807) is 19.1 Å². The van der Waals surface area contributed by atoms with Gasteiger partial charge in [0, 0.05) is 6.42 Å². The second kappa shape index (κ2) is 9.29. The van der Waals surface area contributed by atoms with Crippen molar-refractivity contribution in [2.45, 2.75) is 38.7 Å². The molecule has 0 bridgehead atoms. The molecule has 102 valence electrons. The van der Waals surface area contributed by atoms with E-state index in [0.717, 1.165) is 19.3 Å². The van der Waals surface area contributed by atoms with Gasteiger partial charge in [-0.2, -0.15) is 0 Å². The van der Waals surface area contributed by atoms with Crippen LogP contribution in [0.4, 0.5) is 0 Å². The molecular formula is C17H22O2. The summed E-state index contributed by atoms with van der Waals surface area (Å²) in [6, 6.07) is 10.0. The minimum absolute atomic E-state index is 0.170. The van der Waals surface area contributed by atoms with Crippen molar-refractivity contribution < 1.29 is 9.90 Å². The van der Waals surface area contributed by atoms with Gasteiger partial charge >= 0.3 is 0 Å². The predicted molar refractivity (Wildman–Crippen MR) is 79.0 cm³/mol. The van der Waals surface area contributed by atoms with Crippen LogP contribution in [-0.2, 0) is 11.2 Å². The molecule has 0 aliphatic heterocycles. The number of aliphatic hydroxyl groups excluding tert-OH is 1. The Hall–Kier alpha value is -1.67. The summed E-state index contributed by atoms with van der Waals surface area (Å²) in [6.45, 7) is 1.72. The number of allylic oxidation sites excluding steroid dienone is 3. The lowest BCUT2D eigenvalue weighted by Crippen LogP contribution is -1.95. The number of hydrogen-bond acceptors (Lipinski definition) is 2. The molecule has 0 saturated carbocycles. The zero-order valence-electron chi connectivity index (χ0n) is 11.5. The van der Waals surface area contributed by atoms with Crippen molar-refractivity contribution in [1.29, 1.82) is 0 Å². The van der Waals surface area contributed by atoms with E-state index in [1.165, 1.54) is 5.56 Å². The quantitative estimate of drug-likeness (QED) is 0.440. The summed E-state index contributed by atoms with van der Waals surface area (Å²) in [5, 5.41) is 9.02. The highest BCUT2D eigenvalue weighted by Crippen LogP contribution is 2.03. The van der Waals surface area contributed by atoms with Crippen LogP contribution < -0.4 is 0 Å². The molecule has 0 radical (unpaired) electrons. The number of carbonyl (C=O) groups excluding carboxylic acids is 1. The number of aryl methyl sites for hydroxylation is 1. The van der Waals surface area contributed by atoms with Crippen molar-refractivity contribution >= 4 is 5.78 Å². The number of unbranched alkanes of at least 4 members (excludes halogenated alkanes) is 1. The molecule has 0 heterocycles. The molecule has 1 N–H and O–H groups in total. The fourth-order valence-electron chi connectivity index (χ4n) is 1.70. The summed E-state index contributed by atoms with van der Waals surface area (Å²) in [4.78, 5) is 11.6. The van der Waals surface area contributed by atoms with Crippen LogP contribution in [0.1, 0.15) is 31.7 Å². The molecule has 0 spiro atoms. The van der Waals surface area contributed by atoms with Crippen LogP contribution in [0.5, 0.6) is 0 Å². The van der Waals surface area contributed by atoms with Crippen LogP contribution in [-0.4, -0.2) is 17.0 Å². The molecule has 0 amide bonds. The van der Waals surface area contributed by atoms with Crippen molar-refractivity contribution in [2.75, 3.05) is 0 Å². The van der Waals surface area contributed by atoms with E-state index < -0.39 is 6.10 Å². The number of hydrogen-bond donors (Lipinski definition) is 1. The topological polar surface area (TPSA) is 37.3 Å². The molecule has 0 fully saturated rings. The van der Waals surface area contributed by atoms with Gasteiger partial charge in [0.1, 0.15) is 0 Å².